The second kappa shape index (κ2) is 8.06. The molecule has 0 fully saturated rings. The van der Waals surface area contributed by atoms with Crippen molar-refractivity contribution in [3.63, 3.8) is 0 Å². The molecule has 2 heterocycles. The molecule has 1 amide bonds. The molecule has 0 aliphatic heterocycles. The number of nitrogens with one attached hydrogen (secondary N) is 1. The minimum Gasteiger partial charge on any atom is -0.273 e. The largest absolute Gasteiger partial charge is 0.299 e. The highest BCUT2D eigenvalue weighted by Gasteiger charge is 2.22. The van der Waals surface area contributed by atoms with Crippen LogP contribution in [-0.4, -0.2) is 36.3 Å². The first-order valence-corrected chi connectivity index (χ1v) is 8.98. The standard InChI is InChI=1S/C13H17BrF2N6OS/c1-4-24-13-18-17-12(11(15)16)22(13)20-9(23)5-6-21-8(3)10(14)7(2)19-21/h11H,4-6H2,1-3H3,(H,20,23). The molecule has 1 N–H and O–H groups in total. The van der Waals surface area contributed by atoms with Crippen LogP contribution in [-0.2, 0) is 11.3 Å². The van der Waals surface area contributed by atoms with E-state index in [1.807, 2.05) is 20.8 Å². The van der Waals surface area contributed by atoms with Crippen LogP contribution < -0.4 is 5.43 Å². The molecule has 0 aliphatic carbocycles. The number of alkyl halides is 2. The maximum atomic E-state index is 13.0. The SMILES string of the molecule is CCSc1nnc(C(F)F)n1NC(=O)CCn1nc(C)c(Br)c1C. The molecule has 2 rings (SSSR count). The van der Waals surface area contributed by atoms with Crippen molar-refractivity contribution < 1.29 is 13.6 Å². The Hall–Kier alpha value is -1.49. The van der Waals surface area contributed by atoms with Gasteiger partial charge in [0.1, 0.15) is 0 Å². The molecule has 24 heavy (non-hydrogen) atoms. The van der Waals surface area contributed by atoms with E-state index in [2.05, 4.69) is 36.7 Å². The number of amides is 1. The van der Waals surface area contributed by atoms with Crippen LogP contribution in [0.15, 0.2) is 9.63 Å². The summed E-state index contributed by atoms with van der Waals surface area (Å²) >= 11 is 4.64. The van der Waals surface area contributed by atoms with Crippen LogP contribution in [0.4, 0.5) is 8.78 Å². The predicted octanol–water partition coefficient (Wildman–Crippen LogP) is 3.06. The molecular formula is C13H17BrF2N6OS. The van der Waals surface area contributed by atoms with Crippen LogP contribution >= 0.6 is 27.7 Å². The summed E-state index contributed by atoms with van der Waals surface area (Å²) in [6.07, 6.45) is -2.73. The van der Waals surface area contributed by atoms with Crippen LogP contribution in [0.25, 0.3) is 0 Å². The summed E-state index contributed by atoms with van der Waals surface area (Å²) in [5.74, 6) is -0.372. The summed E-state index contributed by atoms with van der Waals surface area (Å²) in [4.78, 5) is 12.1. The number of thioether (sulfide) groups is 1. The van der Waals surface area contributed by atoms with E-state index in [4.69, 9.17) is 0 Å². The third kappa shape index (κ3) is 4.12. The lowest BCUT2D eigenvalue weighted by molar-refractivity contribution is -0.117. The van der Waals surface area contributed by atoms with Gasteiger partial charge in [0, 0.05) is 12.1 Å². The normalized spacial score (nSPS) is 11.3. The molecule has 0 saturated heterocycles. The molecule has 11 heteroatoms. The summed E-state index contributed by atoms with van der Waals surface area (Å²) in [5.41, 5.74) is 4.17. The molecule has 0 aliphatic rings. The molecule has 0 aromatic carbocycles. The summed E-state index contributed by atoms with van der Waals surface area (Å²) in [7, 11) is 0. The lowest BCUT2D eigenvalue weighted by atomic mass is 10.4. The molecule has 0 saturated carbocycles. The Kier molecular flexibility index (Phi) is 6.33. The van der Waals surface area contributed by atoms with E-state index >= 15 is 0 Å². The van der Waals surface area contributed by atoms with Crippen molar-refractivity contribution in [1.82, 2.24) is 24.7 Å². The van der Waals surface area contributed by atoms with Gasteiger partial charge in [0.25, 0.3) is 6.43 Å². The highest BCUT2D eigenvalue weighted by molar-refractivity contribution is 9.10. The molecular weight excluding hydrogens is 406 g/mol. The first kappa shape index (κ1) is 18.8. The average Bonchev–Trinajstić information content (AvgIpc) is 3.02. The summed E-state index contributed by atoms with van der Waals surface area (Å²) in [5, 5.41) is 11.7. The van der Waals surface area contributed by atoms with Crippen LogP contribution in [0, 0.1) is 13.8 Å². The number of aryl methyl sites for hydroxylation is 2. The Bertz CT molecular complexity index is 732. The van der Waals surface area contributed by atoms with Crippen molar-refractivity contribution in [2.75, 3.05) is 11.2 Å². The third-order valence-electron chi connectivity index (χ3n) is 3.21. The first-order valence-electron chi connectivity index (χ1n) is 7.20. The van der Waals surface area contributed by atoms with Crippen LogP contribution in [0.2, 0.25) is 0 Å². The van der Waals surface area contributed by atoms with E-state index in [1.54, 1.807) is 4.68 Å². The minimum absolute atomic E-state index is 0.0888. The van der Waals surface area contributed by atoms with E-state index in [9.17, 15) is 13.6 Å². The van der Waals surface area contributed by atoms with Gasteiger partial charge in [0.2, 0.25) is 16.9 Å². The lowest BCUT2D eigenvalue weighted by Gasteiger charge is -2.11. The van der Waals surface area contributed by atoms with Gasteiger partial charge in [-0.25, -0.2) is 13.5 Å². The van der Waals surface area contributed by atoms with Gasteiger partial charge in [-0.2, -0.15) is 5.10 Å². The Balaban J connectivity index is 2.06. The quantitative estimate of drug-likeness (QED) is 0.693. The number of hydrogen-bond acceptors (Lipinski definition) is 5. The van der Waals surface area contributed by atoms with Gasteiger partial charge in [-0.3, -0.25) is 14.9 Å². The highest BCUT2D eigenvalue weighted by atomic mass is 79.9. The highest BCUT2D eigenvalue weighted by Crippen LogP contribution is 2.22. The lowest BCUT2D eigenvalue weighted by Crippen LogP contribution is -2.26. The van der Waals surface area contributed by atoms with Crippen molar-refractivity contribution in [2.24, 2.45) is 0 Å². The molecule has 132 valence electrons. The second-order valence-electron chi connectivity index (χ2n) is 4.90. The van der Waals surface area contributed by atoms with E-state index in [-0.39, 0.29) is 11.6 Å². The van der Waals surface area contributed by atoms with Crippen LogP contribution in [0.1, 0.15) is 37.0 Å². The molecule has 0 bridgehead atoms. The summed E-state index contributed by atoms with van der Waals surface area (Å²) < 4.78 is 29.5. The number of nitrogens with zero attached hydrogens (tertiary/aromatic N) is 5. The molecule has 0 atom stereocenters. The predicted molar refractivity (Wildman–Crippen MR) is 89.8 cm³/mol. The van der Waals surface area contributed by atoms with E-state index < -0.39 is 18.2 Å². The Morgan fingerprint density at radius 2 is 2.08 bits per heavy atom. The number of rotatable bonds is 7. The van der Waals surface area contributed by atoms with Gasteiger partial charge in [-0.15, -0.1) is 10.2 Å². The van der Waals surface area contributed by atoms with Crippen molar-refractivity contribution in [2.45, 2.75) is 45.3 Å². The molecule has 0 radical (unpaired) electrons. The fraction of sp³-hybridized carbons (Fsp3) is 0.538. The fourth-order valence-electron chi connectivity index (χ4n) is 2.03. The van der Waals surface area contributed by atoms with Gasteiger partial charge in [0.05, 0.1) is 16.7 Å². The van der Waals surface area contributed by atoms with E-state index in [0.29, 0.717) is 12.3 Å². The number of carbonyl (C=O) groups is 1. The zero-order valence-corrected chi connectivity index (χ0v) is 15.8. The Morgan fingerprint density at radius 1 is 1.38 bits per heavy atom. The smallest absolute Gasteiger partial charge is 0.273 e. The second-order valence-corrected chi connectivity index (χ2v) is 6.93. The van der Waals surface area contributed by atoms with Gasteiger partial charge in [0.15, 0.2) is 0 Å². The third-order valence-corrected chi connectivity index (χ3v) is 5.17. The van der Waals surface area contributed by atoms with E-state index in [1.165, 1.54) is 11.8 Å². The van der Waals surface area contributed by atoms with Crippen molar-refractivity contribution >= 4 is 33.6 Å². The maximum absolute atomic E-state index is 13.0. The van der Waals surface area contributed by atoms with Crippen molar-refractivity contribution in [1.29, 1.82) is 0 Å². The summed E-state index contributed by atoms with van der Waals surface area (Å²) in [6.45, 7) is 5.93. The summed E-state index contributed by atoms with van der Waals surface area (Å²) in [6, 6.07) is 0. The topological polar surface area (TPSA) is 77.6 Å². The number of carbonyl (C=O) groups excluding carboxylic acids is 1. The molecule has 0 spiro atoms. The molecule has 2 aromatic heterocycles. The van der Waals surface area contributed by atoms with Crippen molar-refractivity contribution in [3.8, 4) is 0 Å². The number of hydrogen-bond donors (Lipinski definition) is 1. The zero-order valence-electron chi connectivity index (χ0n) is 13.4. The van der Waals surface area contributed by atoms with Gasteiger partial charge >= 0.3 is 0 Å². The maximum Gasteiger partial charge on any atom is 0.299 e. The van der Waals surface area contributed by atoms with Crippen molar-refractivity contribution in [3.05, 3.63) is 21.7 Å². The zero-order chi connectivity index (χ0) is 17.9. The van der Waals surface area contributed by atoms with E-state index in [0.717, 1.165) is 20.5 Å². The van der Waals surface area contributed by atoms with Gasteiger partial charge in [-0.05, 0) is 35.5 Å². The fourth-order valence-corrected chi connectivity index (χ4v) is 2.94. The first-order chi connectivity index (χ1) is 11.3. The van der Waals surface area contributed by atoms with Crippen LogP contribution in [0.3, 0.4) is 0 Å². The Morgan fingerprint density at radius 3 is 2.62 bits per heavy atom. The average molecular weight is 423 g/mol. The number of aromatic nitrogens is 5. The van der Waals surface area contributed by atoms with Gasteiger partial charge in [-0.1, -0.05) is 18.7 Å². The van der Waals surface area contributed by atoms with Crippen LogP contribution in [0.5, 0.6) is 0 Å². The minimum atomic E-state index is -2.82. The number of halogens is 3. The Labute approximate surface area is 150 Å². The molecule has 2 aromatic rings. The monoisotopic (exact) mass is 422 g/mol. The van der Waals surface area contributed by atoms with Gasteiger partial charge < -0.3 is 0 Å². The molecule has 7 nitrogen and oxygen atoms in total. The molecule has 0 unspecified atom stereocenters.